The summed E-state index contributed by atoms with van der Waals surface area (Å²) >= 11 is 0. The molecule has 8 aromatic carbocycles. The van der Waals surface area contributed by atoms with E-state index in [0.717, 1.165) is 12.8 Å². The number of rotatable bonds is 21. The maximum absolute atomic E-state index is 2.68. The minimum atomic E-state index is -0.172. The minimum Gasteiger partial charge on any atom is -0.0628 e. The Morgan fingerprint density at radius 3 is 0.742 bits per heavy atom. The predicted molar refractivity (Wildman–Crippen MR) is 387 cm³/mol. The molecule has 0 nitrogen and oxygen atoms in total. The van der Waals surface area contributed by atoms with Gasteiger partial charge in [-0.25, -0.2) is 0 Å². The second-order valence-corrected chi connectivity index (χ2v) is 33.1. The lowest BCUT2D eigenvalue weighted by molar-refractivity contribution is 0.363. The van der Waals surface area contributed by atoms with Crippen molar-refractivity contribution in [2.45, 2.75) is 229 Å². The second kappa shape index (κ2) is 23.8. The van der Waals surface area contributed by atoms with Crippen molar-refractivity contribution in [2.24, 2.45) is 35.5 Å². The molecule has 0 saturated carbocycles. The van der Waals surface area contributed by atoms with Gasteiger partial charge in [0.1, 0.15) is 0 Å². The molecule has 0 unspecified atom stereocenters. The zero-order valence-electron chi connectivity index (χ0n) is 58.3. The smallest absolute Gasteiger partial charge is 0.0215 e. The lowest BCUT2D eigenvalue weighted by Gasteiger charge is -2.35. The van der Waals surface area contributed by atoms with E-state index >= 15 is 0 Å². The number of fused-ring (bicyclic) bond motifs is 12. The van der Waals surface area contributed by atoms with Crippen LogP contribution in [0.15, 0.2) is 146 Å². The molecule has 89 heavy (non-hydrogen) atoms. The van der Waals surface area contributed by atoms with Gasteiger partial charge in [0.2, 0.25) is 0 Å². The molecule has 0 heteroatoms. The van der Waals surface area contributed by atoms with Crippen LogP contribution < -0.4 is 0 Å². The zero-order valence-corrected chi connectivity index (χ0v) is 58.3. The van der Waals surface area contributed by atoms with Crippen molar-refractivity contribution in [3.8, 4) is 77.9 Å². The molecule has 0 heterocycles. The van der Waals surface area contributed by atoms with Crippen molar-refractivity contribution in [3.63, 3.8) is 0 Å². The highest BCUT2D eigenvalue weighted by molar-refractivity contribution is 5.91. The van der Waals surface area contributed by atoms with Crippen LogP contribution in [0.2, 0.25) is 0 Å². The highest BCUT2D eigenvalue weighted by Gasteiger charge is 2.47. The van der Waals surface area contributed by atoms with E-state index in [0.29, 0.717) is 35.5 Å². The van der Waals surface area contributed by atoms with E-state index in [1.165, 1.54) is 164 Å². The van der Waals surface area contributed by atoms with Gasteiger partial charge in [0.25, 0.3) is 0 Å². The third-order valence-corrected chi connectivity index (χ3v) is 22.7. The van der Waals surface area contributed by atoms with E-state index in [4.69, 9.17) is 0 Å². The summed E-state index contributed by atoms with van der Waals surface area (Å²) in [7, 11) is 0. The van der Waals surface area contributed by atoms with Crippen LogP contribution in [0.5, 0.6) is 0 Å². The SMILES string of the molecule is Cc1ccc2c(c1)C(CCC(C)C)(CCC(C)C)c1cc(-c3ccc4c(c3)C(CCC(C)C)(CCC(C)C)c3cc(-c5ccc6c(c5)C(C)(C)c5cc(-c7ccc8c(c7)C(CCC(C)C)(CCC(C)C)c7cc(C(C)(C)C)ccc7-8)ccc5-6)ccc3-4)ccc1-2. The summed E-state index contributed by atoms with van der Waals surface area (Å²) in [4.78, 5) is 0. The summed E-state index contributed by atoms with van der Waals surface area (Å²) in [5, 5.41) is 0. The van der Waals surface area contributed by atoms with E-state index in [9.17, 15) is 0 Å². The maximum atomic E-state index is 2.68. The van der Waals surface area contributed by atoms with Crippen LogP contribution in [-0.4, -0.2) is 0 Å². The Kier molecular flexibility index (Phi) is 16.8. The molecular weight excluding hydrogens is 1070 g/mol. The molecule has 0 bridgehead atoms. The van der Waals surface area contributed by atoms with Gasteiger partial charge in [-0.15, -0.1) is 0 Å². The Balaban J connectivity index is 0.913. The van der Waals surface area contributed by atoms with E-state index in [1.54, 1.807) is 33.4 Å². The third-order valence-electron chi connectivity index (χ3n) is 22.7. The molecule has 0 aromatic heterocycles. The molecule has 0 aliphatic heterocycles. The Morgan fingerprint density at radius 2 is 0.483 bits per heavy atom. The Hall–Kier alpha value is -6.24. The first kappa shape index (κ1) is 62.9. The molecule has 0 radical (unpaired) electrons. The van der Waals surface area contributed by atoms with E-state index < -0.39 is 0 Å². The van der Waals surface area contributed by atoms with Gasteiger partial charge in [-0.1, -0.05) is 232 Å². The predicted octanol–water partition coefficient (Wildman–Crippen LogP) is 26.0. The molecule has 0 fully saturated rings. The van der Waals surface area contributed by atoms with E-state index in [2.05, 4.69) is 270 Å². The Morgan fingerprint density at radius 1 is 0.270 bits per heavy atom. The maximum Gasteiger partial charge on any atom is 0.0215 e. The number of hydrogen-bond acceptors (Lipinski definition) is 0. The van der Waals surface area contributed by atoms with Gasteiger partial charge in [0, 0.05) is 21.7 Å². The summed E-state index contributed by atoms with van der Waals surface area (Å²) in [6.45, 7) is 43.4. The second-order valence-electron chi connectivity index (χ2n) is 33.1. The number of benzene rings is 8. The molecule has 8 aromatic rings. The Bertz CT molecular complexity index is 3920. The van der Waals surface area contributed by atoms with Crippen LogP contribution in [0.4, 0.5) is 0 Å². The first-order chi connectivity index (χ1) is 42.2. The van der Waals surface area contributed by atoms with Crippen LogP contribution in [0.25, 0.3) is 77.9 Å². The average Bonchev–Trinajstić information content (AvgIpc) is 1.62. The van der Waals surface area contributed by atoms with Gasteiger partial charge >= 0.3 is 0 Å². The fourth-order valence-electron chi connectivity index (χ4n) is 17.1. The van der Waals surface area contributed by atoms with Crippen LogP contribution in [0.3, 0.4) is 0 Å². The molecule has 0 amide bonds. The van der Waals surface area contributed by atoms with Gasteiger partial charge in [-0.3, -0.25) is 0 Å². The van der Waals surface area contributed by atoms with Crippen molar-refractivity contribution in [1.82, 2.24) is 0 Å². The zero-order chi connectivity index (χ0) is 63.3. The average molecular weight is 1180 g/mol. The standard InChI is InChI=1S/C89H108/c1-55(2)35-41-87(42-36-56(3)4)79-47-61(13)19-27-71(79)72-30-24-66(52-80(72)87)67-25-32-74-73-31-22-64(50-81(73)88(82(74)53-67,43-37-57(5)6)44-38-58(7)8)62-20-28-69-70-29-21-63(49-78(70)86(17,18)77(69)48-62)65-23-33-75-76-34-26-68(85(14,15)16)54-84(76)89(83(75)51-65,45-39-59(9)10)46-40-60(11)12/h19-34,47-60H,35-46H2,1-18H3. The highest BCUT2D eigenvalue weighted by atomic mass is 14.5. The normalized spacial score (nSPS) is 15.9. The molecule has 0 saturated heterocycles. The molecule has 0 spiro atoms. The molecule has 464 valence electrons. The summed E-state index contributed by atoms with van der Waals surface area (Å²) in [6, 6.07) is 60.3. The topological polar surface area (TPSA) is 0 Å². The van der Waals surface area contributed by atoms with Gasteiger partial charge in [-0.05, 0) is 289 Å². The Labute approximate surface area is 540 Å². The van der Waals surface area contributed by atoms with Crippen molar-refractivity contribution < 1.29 is 0 Å². The van der Waals surface area contributed by atoms with Crippen LogP contribution in [0, 0.1) is 42.4 Å². The fraction of sp³-hybridized carbons (Fsp3) is 0.461. The third kappa shape index (κ3) is 11.2. The van der Waals surface area contributed by atoms with Crippen molar-refractivity contribution in [3.05, 3.63) is 201 Å². The summed E-state index contributed by atoms with van der Waals surface area (Å²) < 4.78 is 0. The van der Waals surface area contributed by atoms with E-state index in [-0.39, 0.29) is 27.1 Å². The first-order valence-electron chi connectivity index (χ1n) is 35.4. The van der Waals surface area contributed by atoms with Crippen LogP contribution >= 0.6 is 0 Å². The van der Waals surface area contributed by atoms with Crippen LogP contribution in [-0.2, 0) is 27.1 Å². The van der Waals surface area contributed by atoms with Gasteiger partial charge in [0.05, 0.1) is 0 Å². The van der Waals surface area contributed by atoms with Crippen LogP contribution in [0.1, 0.15) is 250 Å². The molecule has 4 aliphatic carbocycles. The molecule has 4 aliphatic rings. The van der Waals surface area contributed by atoms with Crippen molar-refractivity contribution >= 4 is 0 Å². The summed E-state index contributed by atoms with van der Waals surface area (Å²) in [6.07, 6.45) is 14.3. The van der Waals surface area contributed by atoms with Gasteiger partial charge in [0.15, 0.2) is 0 Å². The number of hydrogen-bond donors (Lipinski definition) is 0. The van der Waals surface area contributed by atoms with E-state index in [1.807, 2.05) is 0 Å². The highest BCUT2D eigenvalue weighted by Crippen LogP contribution is 2.61. The number of aryl methyl sites for hydroxylation is 1. The van der Waals surface area contributed by atoms with Crippen molar-refractivity contribution in [1.29, 1.82) is 0 Å². The molecular formula is C89H108. The largest absolute Gasteiger partial charge is 0.0628 e. The quantitative estimate of drug-likeness (QED) is 0.0673. The fourth-order valence-corrected chi connectivity index (χ4v) is 17.1. The van der Waals surface area contributed by atoms with Crippen molar-refractivity contribution in [2.75, 3.05) is 0 Å². The minimum absolute atomic E-state index is 0.00521. The summed E-state index contributed by atoms with van der Waals surface area (Å²) in [5.74, 6) is 3.81. The van der Waals surface area contributed by atoms with Gasteiger partial charge < -0.3 is 0 Å². The molecule has 0 N–H and O–H groups in total. The lowest BCUT2D eigenvalue weighted by atomic mass is 9.68. The monoisotopic (exact) mass is 1180 g/mol. The molecule has 12 rings (SSSR count). The molecule has 0 atom stereocenters. The lowest BCUT2D eigenvalue weighted by Crippen LogP contribution is -2.27. The van der Waals surface area contributed by atoms with Gasteiger partial charge in [-0.2, -0.15) is 0 Å². The first-order valence-corrected chi connectivity index (χ1v) is 35.4. The summed E-state index contributed by atoms with van der Waals surface area (Å²) in [5.41, 5.74) is 34.4.